The normalized spacial score (nSPS) is 12.6. The summed E-state index contributed by atoms with van der Waals surface area (Å²) in [7, 11) is 0. The van der Waals surface area contributed by atoms with E-state index in [1.165, 1.54) is 0 Å². The molecule has 1 aliphatic heterocycles. The van der Waals surface area contributed by atoms with E-state index in [0.29, 0.717) is 18.9 Å². The maximum absolute atomic E-state index is 11.5. The van der Waals surface area contributed by atoms with Gasteiger partial charge in [0.25, 0.3) is 0 Å². The quantitative estimate of drug-likeness (QED) is 0.825. The predicted molar refractivity (Wildman–Crippen MR) is 73.5 cm³/mol. The van der Waals surface area contributed by atoms with E-state index in [4.69, 9.17) is 9.47 Å². The Kier molecular flexibility index (Phi) is 4.49. The van der Waals surface area contributed by atoms with Crippen LogP contribution in [0.25, 0.3) is 0 Å². The zero-order valence-corrected chi connectivity index (χ0v) is 11.4. The molecular formula is C14H20N2O3. The van der Waals surface area contributed by atoms with Crippen molar-refractivity contribution < 1.29 is 14.3 Å². The molecule has 1 aromatic carbocycles. The van der Waals surface area contributed by atoms with Gasteiger partial charge in [0.1, 0.15) is 0 Å². The van der Waals surface area contributed by atoms with Gasteiger partial charge in [-0.15, -0.1) is 0 Å². The second kappa shape index (κ2) is 6.31. The smallest absolute Gasteiger partial charge is 0.231 e. The molecule has 1 aliphatic rings. The molecular weight excluding hydrogens is 244 g/mol. The van der Waals surface area contributed by atoms with E-state index in [1.807, 2.05) is 18.2 Å². The number of carbonyl (C=O) groups excluding carboxylic acids is 1. The maximum Gasteiger partial charge on any atom is 0.231 e. The molecule has 0 radical (unpaired) electrons. The van der Waals surface area contributed by atoms with Crippen molar-refractivity contribution in [2.75, 3.05) is 25.2 Å². The Morgan fingerprint density at radius 3 is 2.89 bits per heavy atom. The summed E-state index contributed by atoms with van der Waals surface area (Å²) in [6.45, 7) is 5.75. The minimum Gasteiger partial charge on any atom is -0.454 e. The highest BCUT2D eigenvalue weighted by atomic mass is 16.7. The minimum absolute atomic E-state index is 0.0712. The number of hydrogen-bond donors (Lipinski definition) is 2. The van der Waals surface area contributed by atoms with Gasteiger partial charge in [0.2, 0.25) is 12.7 Å². The van der Waals surface area contributed by atoms with Crippen LogP contribution in [0.5, 0.6) is 11.5 Å². The molecule has 0 saturated heterocycles. The SMILES string of the molecule is CC(C)CNC(=O)CCNc1ccc2c(c1)OCO2. The van der Waals surface area contributed by atoms with Gasteiger partial charge in [-0.3, -0.25) is 4.79 Å². The Morgan fingerprint density at radius 2 is 2.11 bits per heavy atom. The summed E-state index contributed by atoms with van der Waals surface area (Å²) in [5.41, 5.74) is 0.931. The van der Waals surface area contributed by atoms with Crippen LogP contribution in [-0.2, 0) is 4.79 Å². The number of anilines is 1. The third kappa shape index (κ3) is 4.05. The fourth-order valence-electron chi connectivity index (χ4n) is 1.73. The first-order valence-corrected chi connectivity index (χ1v) is 6.55. The van der Waals surface area contributed by atoms with Crippen molar-refractivity contribution in [1.82, 2.24) is 5.32 Å². The molecule has 0 aromatic heterocycles. The fourth-order valence-corrected chi connectivity index (χ4v) is 1.73. The number of rotatable bonds is 6. The molecule has 104 valence electrons. The largest absolute Gasteiger partial charge is 0.454 e. The van der Waals surface area contributed by atoms with Crippen LogP contribution in [0.1, 0.15) is 20.3 Å². The van der Waals surface area contributed by atoms with Gasteiger partial charge in [-0.05, 0) is 18.1 Å². The molecule has 0 unspecified atom stereocenters. The van der Waals surface area contributed by atoms with Crippen molar-refractivity contribution in [3.05, 3.63) is 18.2 Å². The monoisotopic (exact) mass is 264 g/mol. The van der Waals surface area contributed by atoms with Crippen LogP contribution in [-0.4, -0.2) is 25.8 Å². The highest BCUT2D eigenvalue weighted by Crippen LogP contribution is 2.34. The first-order valence-electron chi connectivity index (χ1n) is 6.55. The van der Waals surface area contributed by atoms with Gasteiger partial charge in [-0.1, -0.05) is 13.8 Å². The van der Waals surface area contributed by atoms with Crippen molar-refractivity contribution in [2.45, 2.75) is 20.3 Å². The number of ether oxygens (including phenoxy) is 2. The van der Waals surface area contributed by atoms with Gasteiger partial charge < -0.3 is 20.1 Å². The van der Waals surface area contributed by atoms with Crippen molar-refractivity contribution in [3.8, 4) is 11.5 Å². The van der Waals surface area contributed by atoms with Gasteiger partial charge in [0.15, 0.2) is 11.5 Å². The molecule has 1 aromatic rings. The lowest BCUT2D eigenvalue weighted by Crippen LogP contribution is -2.28. The van der Waals surface area contributed by atoms with E-state index in [-0.39, 0.29) is 12.7 Å². The van der Waals surface area contributed by atoms with Crippen LogP contribution in [0.4, 0.5) is 5.69 Å². The average Bonchev–Trinajstić information content (AvgIpc) is 2.83. The summed E-state index contributed by atoms with van der Waals surface area (Å²) in [6.07, 6.45) is 0.459. The van der Waals surface area contributed by atoms with E-state index >= 15 is 0 Å². The van der Waals surface area contributed by atoms with Crippen molar-refractivity contribution in [2.24, 2.45) is 5.92 Å². The number of amides is 1. The number of benzene rings is 1. The number of nitrogens with one attached hydrogen (secondary N) is 2. The topological polar surface area (TPSA) is 59.6 Å². The molecule has 1 heterocycles. The second-order valence-electron chi connectivity index (χ2n) is 4.94. The van der Waals surface area contributed by atoms with Crippen LogP contribution in [0.2, 0.25) is 0 Å². The maximum atomic E-state index is 11.5. The Bertz CT molecular complexity index is 446. The lowest BCUT2D eigenvalue weighted by Gasteiger charge is -2.09. The third-order valence-corrected chi connectivity index (χ3v) is 2.76. The zero-order valence-electron chi connectivity index (χ0n) is 11.4. The summed E-state index contributed by atoms with van der Waals surface area (Å²) in [5.74, 6) is 2.06. The van der Waals surface area contributed by atoms with E-state index in [2.05, 4.69) is 24.5 Å². The van der Waals surface area contributed by atoms with Crippen LogP contribution < -0.4 is 20.1 Å². The van der Waals surface area contributed by atoms with Crippen molar-refractivity contribution >= 4 is 11.6 Å². The third-order valence-electron chi connectivity index (χ3n) is 2.76. The molecule has 0 saturated carbocycles. The first-order chi connectivity index (χ1) is 9.15. The second-order valence-corrected chi connectivity index (χ2v) is 4.94. The fraction of sp³-hybridized carbons (Fsp3) is 0.500. The number of carbonyl (C=O) groups is 1. The molecule has 0 aliphatic carbocycles. The average molecular weight is 264 g/mol. The molecule has 1 amide bonds. The standard InChI is InChI=1S/C14H20N2O3/c1-10(2)8-16-14(17)5-6-15-11-3-4-12-13(7-11)19-9-18-12/h3-4,7,10,15H,5-6,8-9H2,1-2H3,(H,16,17). The Morgan fingerprint density at radius 1 is 1.32 bits per heavy atom. The van der Waals surface area contributed by atoms with Gasteiger partial charge in [0, 0.05) is 31.3 Å². The molecule has 0 atom stereocenters. The molecule has 19 heavy (non-hydrogen) atoms. The van der Waals surface area contributed by atoms with Crippen molar-refractivity contribution in [1.29, 1.82) is 0 Å². The Balaban J connectivity index is 1.72. The van der Waals surface area contributed by atoms with E-state index in [0.717, 1.165) is 23.7 Å². The molecule has 0 fully saturated rings. The lowest BCUT2D eigenvalue weighted by molar-refractivity contribution is -0.120. The highest BCUT2D eigenvalue weighted by molar-refractivity contribution is 5.76. The summed E-state index contributed by atoms with van der Waals surface area (Å²) < 4.78 is 10.5. The van der Waals surface area contributed by atoms with E-state index < -0.39 is 0 Å². The first kappa shape index (κ1) is 13.5. The summed E-state index contributed by atoms with van der Waals surface area (Å²) >= 11 is 0. The van der Waals surface area contributed by atoms with Gasteiger partial charge in [0.05, 0.1) is 0 Å². The molecule has 2 rings (SSSR count). The van der Waals surface area contributed by atoms with E-state index in [1.54, 1.807) is 0 Å². The Labute approximate surface area is 113 Å². The minimum atomic E-state index is 0.0712. The lowest BCUT2D eigenvalue weighted by atomic mass is 10.2. The molecule has 2 N–H and O–H groups in total. The van der Waals surface area contributed by atoms with Crippen LogP contribution in [0.15, 0.2) is 18.2 Å². The van der Waals surface area contributed by atoms with Crippen LogP contribution >= 0.6 is 0 Å². The summed E-state index contributed by atoms with van der Waals surface area (Å²) in [4.78, 5) is 11.5. The number of fused-ring (bicyclic) bond motifs is 1. The van der Waals surface area contributed by atoms with Gasteiger partial charge >= 0.3 is 0 Å². The summed E-state index contributed by atoms with van der Waals surface area (Å²) in [5, 5.41) is 6.08. The molecule has 5 heteroatoms. The van der Waals surface area contributed by atoms with Crippen LogP contribution in [0.3, 0.4) is 0 Å². The van der Waals surface area contributed by atoms with E-state index in [9.17, 15) is 4.79 Å². The van der Waals surface area contributed by atoms with Gasteiger partial charge in [-0.2, -0.15) is 0 Å². The van der Waals surface area contributed by atoms with Crippen molar-refractivity contribution in [3.63, 3.8) is 0 Å². The Hall–Kier alpha value is -1.91. The summed E-state index contributed by atoms with van der Waals surface area (Å²) in [6, 6.07) is 5.66. The molecule has 0 spiro atoms. The zero-order chi connectivity index (χ0) is 13.7. The molecule has 0 bridgehead atoms. The van der Waals surface area contributed by atoms with Crippen LogP contribution in [0, 0.1) is 5.92 Å². The number of hydrogen-bond acceptors (Lipinski definition) is 4. The predicted octanol–water partition coefficient (Wildman–Crippen LogP) is 1.99. The van der Waals surface area contributed by atoms with Gasteiger partial charge in [-0.25, -0.2) is 0 Å². The molecule has 5 nitrogen and oxygen atoms in total. The highest BCUT2D eigenvalue weighted by Gasteiger charge is 2.13.